The second-order valence-corrected chi connectivity index (χ2v) is 4.87. The first-order valence-electron chi connectivity index (χ1n) is 7.35. The quantitative estimate of drug-likeness (QED) is 0.761. The predicted molar refractivity (Wildman–Crippen MR) is 85.8 cm³/mol. The highest BCUT2D eigenvalue weighted by molar-refractivity contribution is 6.00. The third-order valence-electron chi connectivity index (χ3n) is 3.20. The van der Waals surface area contributed by atoms with Crippen LogP contribution in [0.2, 0.25) is 0 Å². The van der Waals surface area contributed by atoms with Crippen molar-refractivity contribution in [3.63, 3.8) is 0 Å². The summed E-state index contributed by atoms with van der Waals surface area (Å²) in [6.45, 7) is 2.87. The number of benzene rings is 1. The second-order valence-electron chi connectivity index (χ2n) is 4.87. The van der Waals surface area contributed by atoms with Gasteiger partial charge in [-0.2, -0.15) is 0 Å². The van der Waals surface area contributed by atoms with Gasteiger partial charge in [0.15, 0.2) is 0 Å². The molecule has 4 nitrogen and oxygen atoms in total. The molecule has 0 saturated heterocycles. The number of anilines is 2. The largest absolute Gasteiger partial charge is 0.355 e. The molecule has 4 heteroatoms. The van der Waals surface area contributed by atoms with Crippen LogP contribution in [0.5, 0.6) is 0 Å². The van der Waals surface area contributed by atoms with Crippen molar-refractivity contribution in [3.8, 4) is 0 Å². The van der Waals surface area contributed by atoms with E-state index >= 15 is 0 Å². The topological polar surface area (TPSA) is 54.0 Å². The van der Waals surface area contributed by atoms with Gasteiger partial charge in [0, 0.05) is 24.6 Å². The number of nitrogens with one attached hydrogen (secondary N) is 2. The Labute approximate surface area is 125 Å². The van der Waals surface area contributed by atoms with E-state index in [1.165, 1.54) is 0 Å². The number of hydrogen-bond donors (Lipinski definition) is 2. The maximum absolute atomic E-state index is 12.3. The maximum Gasteiger partial charge on any atom is 0.253 e. The summed E-state index contributed by atoms with van der Waals surface area (Å²) < 4.78 is 0. The van der Waals surface area contributed by atoms with Crippen molar-refractivity contribution in [2.24, 2.45) is 0 Å². The number of amides is 1. The lowest BCUT2D eigenvalue weighted by atomic mass is 10.1. The highest BCUT2D eigenvalue weighted by atomic mass is 16.1. The zero-order valence-electron chi connectivity index (χ0n) is 12.3. The van der Waals surface area contributed by atoms with Crippen molar-refractivity contribution < 1.29 is 4.79 Å². The third-order valence-corrected chi connectivity index (χ3v) is 3.20. The molecule has 0 radical (unpaired) electrons. The number of pyridine rings is 1. The molecule has 2 aromatic rings. The van der Waals surface area contributed by atoms with Gasteiger partial charge in [-0.25, -0.2) is 0 Å². The molecule has 21 heavy (non-hydrogen) atoms. The fourth-order valence-corrected chi connectivity index (χ4v) is 2.05. The normalized spacial score (nSPS) is 10.1. The van der Waals surface area contributed by atoms with Gasteiger partial charge in [-0.05, 0) is 30.7 Å². The molecule has 1 aromatic carbocycles. The van der Waals surface area contributed by atoms with Crippen LogP contribution in [0, 0.1) is 0 Å². The van der Waals surface area contributed by atoms with Crippen molar-refractivity contribution in [2.75, 3.05) is 11.9 Å². The summed E-state index contributed by atoms with van der Waals surface area (Å²) in [6, 6.07) is 11.3. The van der Waals surface area contributed by atoms with Gasteiger partial charge in [0.2, 0.25) is 0 Å². The van der Waals surface area contributed by atoms with Gasteiger partial charge in [-0.3, -0.25) is 9.78 Å². The Kier molecular flexibility index (Phi) is 5.76. The van der Waals surface area contributed by atoms with Gasteiger partial charge in [-0.15, -0.1) is 0 Å². The summed E-state index contributed by atoms with van der Waals surface area (Å²) in [5.41, 5.74) is 2.37. The average molecular weight is 283 g/mol. The third kappa shape index (κ3) is 4.60. The van der Waals surface area contributed by atoms with Gasteiger partial charge in [0.05, 0.1) is 11.3 Å². The molecular weight excluding hydrogens is 262 g/mol. The molecule has 0 fully saturated rings. The molecule has 0 unspecified atom stereocenters. The van der Waals surface area contributed by atoms with Gasteiger partial charge >= 0.3 is 0 Å². The molecule has 0 aliphatic carbocycles. The number of nitrogens with zero attached hydrogens (tertiary/aromatic N) is 1. The Bertz CT molecular complexity index is 569. The van der Waals surface area contributed by atoms with Crippen LogP contribution in [0.15, 0.2) is 48.8 Å². The Morgan fingerprint density at radius 3 is 2.62 bits per heavy atom. The molecule has 0 aliphatic heterocycles. The van der Waals surface area contributed by atoms with Gasteiger partial charge < -0.3 is 10.6 Å². The van der Waals surface area contributed by atoms with E-state index in [0.717, 1.165) is 37.2 Å². The number of carbonyl (C=O) groups excluding carboxylic acids is 1. The maximum atomic E-state index is 12.3. The fraction of sp³-hybridized carbons (Fsp3) is 0.294. The van der Waals surface area contributed by atoms with Gasteiger partial charge in [0.25, 0.3) is 5.91 Å². The Morgan fingerprint density at radius 1 is 1.10 bits per heavy atom. The van der Waals surface area contributed by atoms with E-state index in [4.69, 9.17) is 0 Å². The van der Waals surface area contributed by atoms with Crippen LogP contribution in [0.3, 0.4) is 0 Å². The number of unbranched alkanes of at least 4 members (excludes halogenated alkanes) is 2. The van der Waals surface area contributed by atoms with E-state index in [1.807, 2.05) is 36.4 Å². The summed E-state index contributed by atoms with van der Waals surface area (Å²) in [7, 11) is 0. The Hall–Kier alpha value is -2.36. The van der Waals surface area contributed by atoms with Crippen molar-refractivity contribution in [3.05, 3.63) is 54.4 Å². The lowest BCUT2D eigenvalue weighted by Crippen LogP contribution is -2.25. The molecule has 0 bridgehead atoms. The molecule has 2 rings (SSSR count). The fourth-order valence-electron chi connectivity index (χ4n) is 2.05. The van der Waals surface area contributed by atoms with E-state index < -0.39 is 0 Å². The first kappa shape index (κ1) is 15.0. The summed E-state index contributed by atoms with van der Waals surface area (Å²) in [5.74, 6) is -0.0386. The van der Waals surface area contributed by atoms with Crippen molar-refractivity contribution in [1.82, 2.24) is 10.3 Å². The molecule has 0 saturated carbocycles. The number of aromatic nitrogens is 1. The van der Waals surface area contributed by atoms with Gasteiger partial charge in [-0.1, -0.05) is 31.9 Å². The smallest absolute Gasteiger partial charge is 0.253 e. The summed E-state index contributed by atoms with van der Waals surface area (Å²) in [5, 5.41) is 6.22. The number of rotatable bonds is 7. The minimum absolute atomic E-state index is 0.0386. The molecule has 0 spiro atoms. The molecule has 1 aromatic heterocycles. The minimum atomic E-state index is -0.0386. The summed E-state index contributed by atoms with van der Waals surface area (Å²) in [6.07, 6.45) is 6.74. The Balaban J connectivity index is 2.04. The first-order valence-corrected chi connectivity index (χ1v) is 7.35. The van der Waals surface area contributed by atoms with E-state index in [1.54, 1.807) is 12.4 Å². The molecule has 2 N–H and O–H groups in total. The van der Waals surface area contributed by atoms with E-state index in [0.29, 0.717) is 5.56 Å². The van der Waals surface area contributed by atoms with Crippen molar-refractivity contribution in [2.45, 2.75) is 26.2 Å². The molecule has 110 valence electrons. The van der Waals surface area contributed by atoms with Crippen LogP contribution in [-0.2, 0) is 0 Å². The zero-order chi connectivity index (χ0) is 14.9. The van der Waals surface area contributed by atoms with E-state index in [-0.39, 0.29) is 5.91 Å². The molecule has 0 atom stereocenters. The number of para-hydroxylation sites is 1. The monoisotopic (exact) mass is 283 g/mol. The van der Waals surface area contributed by atoms with Crippen molar-refractivity contribution >= 4 is 17.3 Å². The zero-order valence-corrected chi connectivity index (χ0v) is 12.3. The second kappa shape index (κ2) is 8.04. The highest BCUT2D eigenvalue weighted by Gasteiger charge is 2.10. The average Bonchev–Trinajstić information content (AvgIpc) is 2.53. The molecule has 1 heterocycles. The summed E-state index contributed by atoms with van der Waals surface area (Å²) in [4.78, 5) is 16.2. The SMILES string of the molecule is CCCCCNC(=O)c1ccccc1Nc1ccncc1. The van der Waals surface area contributed by atoms with E-state index in [9.17, 15) is 4.79 Å². The number of hydrogen-bond acceptors (Lipinski definition) is 3. The molecule has 1 amide bonds. The van der Waals surface area contributed by atoms with E-state index in [2.05, 4.69) is 22.5 Å². The predicted octanol–water partition coefficient (Wildman–Crippen LogP) is 3.75. The minimum Gasteiger partial charge on any atom is -0.355 e. The van der Waals surface area contributed by atoms with Crippen LogP contribution in [-0.4, -0.2) is 17.4 Å². The lowest BCUT2D eigenvalue weighted by molar-refractivity contribution is 0.0954. The van der Waals surface area contributed by atoms with Crippen LogP contribution in [0.4, 0.5) is 11.4 Å². The molecular formula is C17H21N3O. The summed E-state index contributed by atoms with van der Waals surface area (Å²) >= 11 is 0. The van der Waals surface area contributed by atoms with Crippen LogP contribution in [0.25, 0.3) is 0 Å². The van der Waals surface area contributed by atoms with Gasteiger partial charge in [0.1, 0.15) is 0 Å². The Morgan fingerprint density at radius 2 is 1.86 bits per heavy atom. The van der Waals surface area contributed by atoms with Crippen molar-refractivity contribution in [1.29, 1.82) is 0 Å². The number of carbonyl (C=O) groups is 1. The lowest BCUT2D eigenvalue weighted by Gasteiger charge is -2.12. The first-order chi connectivity index (χ1) is 10.3. The van der Waals surface area contributed by atoms with Crippen LogP contribution >= 0.6 is 0 Å². The highest BCUT2D eigenvalue weighted by Crippen LogP contribution is 2.20. The van der Waals surface area contributed by atoms with Crippen LogP contribution < -0.4 is 10.6 Å². The van der Waals surface area contributed by atoms with Crippen LogP contribution in [0.1, 0.15) is 36.5 Å². The molecule has 0 aliphatic rings. The standard InChI is InChI=1S/C17H21N3O/c1-2-3-6-11-19-17(21)15-7-4-5-8-16(15)20-14-9-12-18-13-10-14/h4-5,7-10,12-13H,2-3,6,11H2,1H3,(H,18,20)(H,19,21).